The van der Waals surface area contributed by atoms with Crippen molar-refractivity contribution in [2.75, 3.05) is 5.32 Å². The quantitative estimate of drug-likeness (QED) is 0.489. The average molecular weight is 470 g/mol. The van der Waals surface area contributed by atoms with Crippen molar-refractivity contribution < 1.29 is 18.0 Å². The van der Waals surface area contributed by atoms with Crippen LogP contribution in [-0.2, 0) is 0 Å². The molecule has 0 atom stereocenters. The number of alkyl halides is 3. The highest BCUT2D eigenvalue weighted by molar-refractivity contribution is 6.33. The SMILES string of the molecule is N#Cc1cccnc1NC(=O)c1ccc(C(/C=C(\N)C(F)(F)F)=Nc2ccccc2Cl)cc1. The molecule has 0 saturated carbocycles. The number of hydrogen-bond acceptors (Lipinski definition) is 5. The normalized spacial score (nSPS) is 12.2. The van der Waals surface area contributed by atoms with Gasteiger partial charge in [0.1, 0.15) is 11.8 Å². The summed E-state index contributed by atoms with van der Waals surface area (Å²) in [5, 5.41) is 11.9. The number of nitrogens with zero attached hydrogens (tertiary/aromatic N) is 3. The first-order valence-electron chi connectivity index (χ1n) is 9.33. The maximum absolute atomic E-state index is 13.0. The van der Waals surface area contributed by atoms with Crippen molar-refractivity contribution in [3.63, 3.8) is 0 Å². The molecule has 0 radical (unpaired) electrons. The van der Waals surface area contributed by atoms with Crippen molar-refractivity contribution in [3.05, 3.63) is 100 Å². The van der Waals surface area contributed by atoms with E-state index in [2.05, 4.69) is 15.3 Å². The third-order valence-corrected chi connectivity index (χ3v) is 4.64. The lowest BCUT2D eigenvalue weighted by Crippen LogP contribution is -2.21. The molecule has 166 valence electrons. The summed E-state index contributed by atoms with van der Waals surface area (Å²) >= 11 is 6.09. The Hall–Kier alpha value is -4.16. The predicted octanol–water partition coefficient (Wildman–Crippen LogP) is 5.38. The molecule has 10 heteroatoms. The van der Waals surface area contributed by atoms with Gasteiger partial charge in [-0.15, -0.1) is 0 Å². The van der Waals surface area contributed by atoms with Crippen LogP contribution in [0.5, 0.6) is 0 Å². The van der Waals surface area contributed by atoms with Gasteiger partial charge >= 0.3 is 6.18 Å². The highest BCUT2D eigenvalue weighted by Crippen LogP contribution is 2.27. The summed E-state index contributed by atoms with van der Waals surface area (Å²) in [4.78, 5) is 20.7. The number of carbonyl (C=O) groups is 1. The first-order chi connectivity index (χ1) is 15.7. The van der Waals surface area contributed by atoms with Gasteiger partial charge in [0.15, 0.2) is 5.82 Å². The van der Waals surface area contributed by atoms with Gasteiger partial charge in [0.25, 0.3) is 5.91 Å². The van der Waals surface area contributed by atoms with Gasteiger partial charge in [-0.05, 0) is 42.5 Å². The van der Waals surface area contributed by atoms with E-state index in [1.165, 1.54) is 36.5 Å². The molecule has 0 fully saturated rings. The minimum atomic E-state index is -4.75. The van der Waals surface area contributed by atoms with E-state index < -0.39 is 17.8 Å². The maximum atomic E-state index is 13.0. The molecule has 1 aromatic heterocycles. The summed E-state index contributed by atoms with van der Waals surface area (Å²) in [7, 11) is 0. The van der Waals surface area contributed by atoms with E-state index in [1.54, 1.807) is 30.3 Å². The van der Waals surface area contributed by atoms with Crippen LogP contribution in [0.3, 0.4) is 0 Å². The largest absolute Gasteiger partial charge is 0.430 e. The van der Waals surface area contributed by atoms with Gasteiger partial charge < -0.3 is 11.1 Å². The Morgan fingerprint density at radius 1 is 1.09 bits per heavy atom. The summed E-state index contributed by atoms with van der Waals surface area (Å²) in [5.74, 6) is -0.456. The van der Waals surface area contributed by atoms with Crippen LogP contribution in [0.4, 0.5) is 24.7 Å². The van der Waals surface area contributed by atoms with Crippen molar-refractivity contribution >= 4 is 34.7 Å². The molecule has 0 saturated heterocycles. The van der Waals surface area contributed by atoms with Crippen LogP contribution in [0, 0.1) is 11.3 Å². The molecule has 1 heterocycles. The van der Waals surface area contributed by atoms with Crippen LogP contribution in [0.1, 0.15) is 21.5 Å². The van der Waals surface area contributed by atoms with Crippen LogP contribution in [-0.4, -0.2) is 22.8 Å². The number of anilines is 1. The molecule has 3 rings (SSSR count). The Balaban J connectivity index is 1.95. The fourth-order valence-corrected chi connectivity index (χ4v) is 2.83. The fourth-order valence-electron chi connectivity index (χ4n) is 2.65. The summed E-state index contributed by atoms with van der Waals surface area (Å²) in [6.07, 6.45) is -2.62. The molecule has 2 aromatic carbocycles. The number of nitriles is 1. The number of nitrogens with two attached hydrogens (primary N) is 1. The van der Waals surface area contributed by atoms with Crippen LogP contribution in [0.2, 0.25) is 5.02 Å². The third-order valence-electron chi connectivity index (χ3n) is 4.32. The molecule has 0 aliphatic heterocycles. The van der Waals surface area contributed by atoms with Gasteiger partial charge in [-0.25, -0.2) is 9.98 Å². The lowest BCUT2D eigenvalue weighted by molar-refractivity contribution is -0.0925. The molecule has 0 unspecified atom stereocenters. The Bertz CT molecular complexity index is 1280. The van der Waals surface area contributed by atoms with Crippen LogP contribution >= 0.6 is 11.6 Å². The standard InChI is InChI=1S/C23H15ClF3N5O/c24-17-5-1-2-6-18(17)31-19(12-20(29)23(25,26)27)14-7-9-15(10-8-14)22(33)32-21-16(13-28)4-3-11-30-21/h1-12H,29H2,(H,30,32,33)/b20-12-,31-19?. The highest BCUT2D eigenvalue weighted by atomic mass is 35.5. The Kier molecular flexibility index (Phi) is 7.10. The topological polar surface area (TPSA) is 104 Å². The van der Waals surface area contributed by atoms with Crippen molar-refractivity contribution in [2.24, 2.45) is 10.7 Å². The van der Waals surface area contributed by atoms with Gasteiger partial charge in [0.2, 0.25) is 0 Å². The lowest BCUT2D eigenvalue weighted by atomic mass is 10.1. The molecule has 6 nitrogen and oxygen atoms in total. The molecular formula is C23H15ClF3N5O. The number of rotatable bonds is 5. The molecule has 0 aliphatic rings. The summed E-state index contributed by atoms with van der Waals surface area (Å²) in [6, 6.07) is 17.0. The van der Waals surface area contributed by atoms with Gasteiger partial charge in [0.05, 0.1) is 22.0 Å². The minimum absolute atomic E-state index is 0.0935. The van der Waals surface area contributed by atoms with E-state index in [-0.39, 0.29) is 38.9 Å². The predicted molar refractivity (Wildman–Crippen MR) is 119 cm³/mol. The maximum Gasteiger partial charge on any atom is 0.430 e. The molecule has 0 spiro atoms. The second kappa shape index (κ2) is 9.97. The van der Waals surface area contributed by atoms with Crippen molar-refractivity contribution in [2.45, 2.75) is 6.18 Å². The minimum Gasteiger partial charge on any atom is -0.395 e. The molecule has 0 aliphatic carbocycles. The Morgan fingerprint density at radius 3 is 2.39 bits per heavy atom. The van der Waals surface area contributed by atoms with E-state index in [0.717, 1.165) is 0 Å². The van der Waals surface area contributed by atoms with Crippen LogP contribution < -0.4 is 11.1 Å². The van der Waals surface area contributed by atoms with Crippen molar-refractivity contribution in [1.29, 1.82) is 5.26 Å². The monoisotopic (exact) mass is 469 g/mol. The highest BCUT2D eigenvalue weighted by Gasteiger charge is 2.31. The number of carbonyl (C=O) groups excluding carboxylic acids is 1. The second-order valence-electron chi connectivity index (χ2n) is 6.59. The van der Waals surface area contributed by atoms with Crippen LogP contribution in [0.25, 0.3) is 0 Å². The number of aliphatic imine (C=N–C) groups is 1. The van der Waals surface area contributed by atoms with Gasteiger partial charge in [0, 0.05) is 17.3 Å². The number of allylic oxidation sites excluding steroid dienone is 2. The van der Waals surface area contributed by atoms with E-state index in [0.29, 0.717) is 6.08 Å². The lowest BCUT2D eigenvalue weighted by Gasteiger charge is -2.10. The van der Waals surface area contributed by atoms with Gasteiger partial charge in [-0.1, -0.05) is 35.9 Å². The number of aromatic nitrogens is 1. The zero-order valence-corrected chi connectivity index (χ0v) is 17.5. The zero-order chi connectivity index (χ0) is 24.0. The summed E-state index contributed by atoms with van der Waals surface area (Å²) in [6.45, 7) is 0. The molecule has 1 amide bonds. The van der Waals surface area contributed by atoms with E-state index in [4.69, 9.17) is 22.6 Å². The zero-order valence-electron chi connectivity index (χ0n) is 16.8. The van der Waals surface area contributed by atoms with E-state index >= 15 is 0 Å². The number of nitrogens with one attached hydrogen (secondary N) is 1. The molecule has 3 N–H and O–H groups in total. The van der Waals surface area contributed by atoms with Crippen LogP contribution in [0.15, 0.2) is 83.6 Å². The number of hydrogen-bond donors (Lipinski definition) is 2. The first kappa shape index (κ1) is 23.5. The fraction of sp³-hybridized carbons (Fsp3) is 0.0435. The smallest absolute Gasteiger partial charge is 0.395 e. The van der Waals surface area contributed by atoms with Gasteiger partial charge in [-0.2, -0.15) is 18.4 Å². The number of halogens is 4. The third kappa shape index (κ3) is 5.96. The Labute approximate surface area is 191 Å². The summed E-state index contributed by atoms with van der Waals surface area (Å²) in [5.41, 5.74) is 4.66. The number of benzene rings is 2. The molecule has 33 heavy (non-hydrogen) atoms. The molecule has 0 bridgehead atoms. The first-order valence-corrected chi connectivity index (χ1v) is 9.71. The number of amides is 1. The molecule has 3 aromatic rings. The second-order valence-corrected chi connectivity index (χ2v) is 7.00. The number of pyridine rings is 1. The average Bonchev–Trinajstić information content (AvgIpc) is 2.79. The van der Waals surface area contributed by atoms with Crippen molar-refractivity contribution in [1.82, 2.24) is 4.98 Å². The van der Waals surface area contributed by atoms with Crippen molar-refractivity contribution in [3.8, 4) is 6.07 Å². The summed E-state index contributed by atoms with van der Waals surface area (Å²) < 4.78 is 39.1. The number of para-hydroxylation sites is 1. The van der Waals surface area contributed by atoms with E-state index in [9.17, 15) is 18.0 Å². The van der Waals surface area contributed by atoms with E-state index in [1.807, 2.05) is 6.07 Å². The Morgan fingerprint density at radius 2 is 1.76 bits per heavy atom. The molecular weight excluding hydrogens is 455 g/mol. The van der Waals surface area contributed by atoms with Gasteiger partial charge in [-0.3, -0.25) is 4.79 Å².